The number of carbonyl (C=O) groups excluding carboxylic acids is 3. The van der Waals surface area contributed by atoms with Crippen molar-refractivity contribution in [2.24, 2.45) is 5.29 Å². The van der Waals surface area contributed by atoms with Gasteiger partial charge in [0, 0.05) is 0 Å². The van der Waals surface area contributed by atoms with Crippen molar-refractivity contribution in [2.45, 2.75) is 56.0 Å². The van der Waals surface area contributed by atoms with E-state index in [0.29, 0.717) is 16.7 Å². The van der Waals surface area contributed by atoms with Gasteiger partial charge in [-0.1, -0.05) is 97.6 Å². The first kappa shape index (κ1) is 31.1. The smallest absolute Gasteiger partial charge is 0.334 e. The molecule has 0 radical (unpaired) electrons. The third-order valence-electron chi connectivity index (χ3n) is 8.00. The van der Waals surface area contributed by atoms with E-state index in [2.05, 4.69) is 11.9 Å². The maximum atomic E-state index is 14.0. The monoisotopic (exact) mass is 634 g/mol. The van der Waals surface area contributed by atoms with E-state index in [0.717, 1.165) is 9.91 Å². The molecule has 0 N–H and O–H groups in total. The van der Waals surface area contributed by atoms with Crippen LogP contribution in [0.5, 0.6) is 0 Å². The van der Waals surface area contributed by atoms with Crippen molar-refractivity contribution < 1.29 is 23.3 Å². The molecule has 0 bridgehead atoms. The highest BCUT2D eigenvalue weighted by atomic mass is 35.7. The first-order valence-electron chi connectivity index (χ1n) is 13.9. The van der Waals surface area contributed by atoms with Gasteiger partial charge in [-0.05, 0) is 53.7 Å². The van der Waals surface area contributed by atoms with E-state index < -0.39 is 63.1 Å². The van der Waals surface area contributed by atoms with E-state index in [1.54, 1.807) is 51.1 Å². The third-order valence-corrected chi connectivity index (χ3v) is 9.41. The Kier molecular flexibility index (Phi) is 8.71. The van der Waals surface area contributed by atoms with Crippen molar-refractivity contribution >= 4 is 38.5 Å². The maximum Gasteiger partial charge on any atom is 0.334 e. The first-order valence-corrected chi connectivity index (χ1v) is 15.9. The number of nitroso groups, excluding NO2 is 1. The van der Waals surface area contributed by atoms with E-state index in [1.165, 1.54) is 4.90 Å². The van der Waals surface area contributed by atoms with Crippen LogP contribution in [0.2, 0.25) is 0 Å². The summed E-state index contributed by atoms with van der Waals surface area (Å²) in [5.41, 5.74) is 0.757. The predicted octanol–water partition coefficient (Wildman–Crippen LogP) is 5.01. The zero-order valence-corrected chi connectivity index (χ0v) is 25.9. The van der Waals surface area contributed by atoms with Crippen LogP contribution in [0.1, 0.15) is 49.6 Å². The number of ether oxygens (including phenoxy) is 1. The quantitative estimate of drug-likeness (QED) is 0.101. The summed E-state index contributed by atoms with van der Waals surface area (Å²) in [6.07, 6.45) is -0.808. The average molecular weight is 635 g/mol. The number of hydrogen-bond donors (Lipinski definition) is 0. The van der Waals surface area contributed by atoms with E-state index in [1.807, 2.05) is 60.7 Å². The van der Waals surface area contributed by atoms with Crippen molar-refractivity contribution in [1.82, 2.24) is 14.8 Å². The van der Waals surface area contributed by atoms with Gasteiger partial charge in [0.15, 0.2) is 23.6 Å². The lowest BCUT2D eigenvalue weighted by Gasteiger charge is -2.53. The van der Waals surface area contributed by atoms with E-state index >= 15 is 0 Å². The largest absolute Gasteiger partial charge is 0.451 e. The Morgan fingerprint density at radius 3 is 1.89 bits per heavy atom. The Labute approximate surface area is 262 Å². The van der Waals surface area contributed by atoms with Crippen LogP contribution in [0.25, 0.3) is 0 Å². The summed E-state index contributed by atoms with van der Waals surface area (Å²) in [6.45, 7) is 8.60. The molecule has 44 heavy (non-hydrogen) atoms. The molecule has 3 aromatic carbocycles. The molecule has 0 aliphatic carbocycles. The highest BCUT2D eigenvalue weighted by Crippen LogP contribution is 2.46. The van der Waals surface area contributed by atoms with Crippen LogP contribution < -0.4 is 0 Å². The second-order valence-electron chi connectivity index (χ2n) is 11.2. The van der Waals surface area contributed by atoms with Gasteiger partial charge < -0.3 is 14.5 Å². The van der Waals surface area contributed by atoms with Gasteiger partial charge in [0.1, 0.15) is 21.7 Å². The zero-order chi connectivity index (χ0) is 31.8. The molecule has 0 spiro atoms. The molecule has 2 saturated heterocycles. The third kappa shape index (κ3) is 5.30. The SMILES string of the molecule is C=C(C)C(C(=O)OC(c1ccccc1)c1ccccc1)N1C(=O)C(N2C(=O)C(c3ccccc3)N(N=O)C2(C)C)C1S(=O)Cl. The highest BCUT2D eigenvalue weighted by Gasteiger charge is 2.66. The number of carbonyl (C=O) groups is 3. The molecule has 2 fully saturated rings. The number of nitrogens with zero attached hydrogens (tertiary/aromatic N) is 4. The van der Waals surface area contributed by atoms with Crippen LogP contribution in [-0.2, 0) is 29.1 Å². The van der Waals surface area contributed by atoms with Crippen LogP contribution in [0.4, 0.5) is 0 Å². The molecule has 10 nitrogen and oxygen atoms in total. The van der Waals surface area contributed by atoms with E-state index in [-0.39, 0.29) is 5.57 Å². The summed E-state index contributed by atoms with van der Waals surface area (Å²) in [4.78, 5) is 56.1. The fourth-order valence-corrected chi connectivity index (χ4v) is 7.36. The summed E-state index contributed by atoms with van der Waals surface area (Å²) in [5.74, 6) is -2.08. The summed E-state index contributed by atoms with van der Waals surface area (Å²) in [7, 11) is 3.94. The van der Waals surface area contributed by atoms with Crippen LogP contribution in [0.3, 0.4) is 0 Å². The number of esters is 1. The van der Waals surface area contributed by atoms with Crippen molar-refractivity contribution in [3.8, 4) is 0 Å². The number of benzene rings is 3. The molecular formula is C32H31ClN4O6S. The van der Waals surface area contributed by atoms with E-state index in [4.69, 9.17) is 15.4 Å². The van der Waals surface area contributed by atoms with Gasteiger partial charge in [-0.15, -0.1) is 4.91 Å². The van der Waals surface area contributed by atoms with Gasteiger partial charge in [-0.25, -0.2) is 14.0 Å². The van der Waals surface area contributed by atoms with Crippen molar-refractivity contribution in [1.29, 1.82) is 0 Å². The lowest BCUT2D eigenvalue weighted by Crippen LogP contribution is -2.77. The lowest BCUT2D eigenvalue weighted by molar-refractivity contribution is -0.174. The van der Waals surface area contributed by atoms with Crippen LogP contribution in [0, 0.1) is 4.91 Å². The highest BCUT2D eigenvalue weighted by molar-refractivity contribution is 8.08. The maximum absolute atomic E-state index is 14.0. The molecular weight excluding hydrogens is 604 g/mol. The molecule has 5 unspecified atom stereocenters. The lowest BCUT2D eigenvalue weighted by atomic mass is 9.95. The Bertz CT molecular complexity index is 1570. The normalized spacial score (nSPS) is 22.4. The second kappa shape index (κ2) is 12.3. The summed E-state index contributed by atoms with van der Waals surface area (Å²) >= 11 is 0. The summed E-state index contributed by atoms with van der Waals surface area (Å²) in [5, 5.41) is 2.90. The molecule has 3 aromatic rings. The Morgan fingerprint density at radius 1 is 0.932 bits per heavy atom. The summed E-state index contributed by atoms with van der Waals surface area (Å²) < 4.78 is 19.1. The second-order valence-corrected chi connectivity index (χ2v) is 13.1. The predicted molar refractivity (Wildman–Crippen MR) is 166 cm³/mol. The van der Waals surface area contributed by atoms with Gasteiger partial charge in [-0.2, -0.15) is 0 Å². The van der Waals surface area contributed by atoms with Gasteiger partial charge in [0.2, 0.25) is 0 Å². The first-order chi connectivity index (χ1) is 21.0. The molecule has 2 heterocycles. The van der Waals surface area contributed by atoms with Crippen LogP contribution in [-0.4, -0.2) is 59.9 Å². The Hall–Kier alpha value is -4.35. The number of likely N-dealkylation sites (tertiary alicyclic amines) is 1. The average Bonchev–Trinajstić information content (AvgIpc) is 3.21. The van der Waals surface area contributed by atoms with Crippen molar-refractivity contribution in [3.63, 3.8) is 0 Å². The topological polar surface area (TPSA) is 117 Å². The van der Waals surface area contributed by atoms with Crippen LogP contribution >= 0.6 is 10.7 Å². The molecule has 0 aromatic heterocycles. The minimum absolute atomic E-state index is 0.249. The van der Waals surface area contributed by atoms with Crippen molar-refractivity contribution in [2.75, 3.05) is 0 Å². The van der Waals surface area contributed by atoms with Crippen LogP contribution in [0.15, 0.2) is 108 Å². The number of amides is 2. The number of hydrogen-bond acceptors (Lipinski definition) is 7. The van der Waals surface area contributed by atoms with Gasteiger partial charge >= 0.3 is 5.97 Å². The number of halogens is 1. The zero-order valence-electron chi connectivity index (χ0n) is 24.3. The van der Waals surface area contributed by atoms with Gasteiger partial charge in [-0.3, -0.25) is 9.59 Å². The van der Waals surface area contributed by atoms with Crippen molar-refractivity contribution in [3.05, 3.63) is 125 Å². The Balaban J connectivity index is 1.48. The molecule has 2 amide bonds. The minimum atomic E-state index is -2.25. The standard InChI is InChI=1S/C32H31ClN4O6S/c1-20(2)24(31(40)43-27(22-16-10-6-11-17-22)23-18-12-7-13-19-23)35-28(38)26(30(35)44(33)42)36-29(39)25(21-14-8-5-9-15-21)37(34-41)32(36,3)4/h5-19,24-27,30H,1H2,2-4H3. The molecule has 2 aliphatic rings. The molecule has 12 heteroatoms. The summed E-state index contributed by atoms with van der Waals surface area (Å²) in [6, 6.07) is 23.0. The molecule has 5 atom stereocenters. The molecule has 2 aliphatic heterocycles. The number of rotatable bonds is 10. The number of β-lactam (4-membered cyclic amide) rings is 1. The minimum Gasteiger partial charge on any atom is -0.451 e. The molecule has 228 valence electrons. The van der Waals surface area contributed by atoms with Gasteiger partial charge in [0.05, 0.1) is 5.29 Å². The van der Waals surface area contributed by atoms with Gasteiger partial charge in [0.25, 0.3) is 11.8 Å². The fourth-order valence-electron chi connectivity index (χ4n) is 5.97. The fraction of sp³-hybridized carbons (Fsp3) is 0.281. The molecule has 0 saturated carbocycles. The van der Waals surface area contributed by atoms with E-state index in [9.17, 15) is 23.5 Å². The Morgan fingerprint density at radius 2 is 1.43 bits per heavy atom. The molecule has 5 rings (SSSR count).